The molecule has 144 valence electrons. The fourth-order valence-corrected chi connectivity index (χ4v) is 5.04. The average molecular weight is 399 g/mol. The minimum absolute atomic E-state index is 0.821. The minimum atomic E-state index is 0.821. The van der Waals surface area contributed by atoms with Crippen molar-refractivity contribution in [2.24, 2.45) is 0 Å². The van der Waals surface area contributed by atoms with E-state index in [0.29, 0.717) is 0 Å². The van der Waals surface area contributed by atoms with Gasteiger partial charge in [0, 0.05) is 51.7 Å². The first kappa shape index (κ1) is 15.5. The van der Waals surface area contributed by atoms with Gasteiger partial charge in [-0.05, 0) is 36.4 Å². The molecule has 5 heteroatoms. The Morgan fingerprint density at radius 1 is 0.645 bits per heavy atom. The monoisotopic (exact) mass is 399 g/mol. The maximum atomic E-state index is 6.49. The van der Waals surface area contributed by atoms with E-state index < -0.39 is 0 Å². The highest BCUT2D eigenvalue weighted by Crippen LogP contribution is 2.42. The van der Waals surface area contributed by atoms with Gasteiger partial charge in [0.05, 0.1) is 16.3 Å². The Kier molecular flexibility index (Phi) is 2.60. The number of para-hydroxylation sites is 1. The third kappa shape index (κ3) is 1.78. The largest absolute Gasteiger partial charge is 0.455 e. The van der Waals surface area contributed by atoms with Crippen molar-refractivity contribution in [2.45, 2.75) is 0 Å². The van der Waals surface area contributed by atoms with Gasteiger partial charge in [-0.1, -0.05) is 18.2 Å². The van der Waals surface area contributed by atoms with Crippen LogP contribution in [0.2, 0.25) is 0 Å². The molecule has 31 heavy (non-hydrogen) atoms. The highest BCUT2D eigenvalue weighted by Gasteiger charge is 2.20. The summed E-state index contributed by atoms with van der Waals surface area (Å²) in [4.78, 5) is 8.90. The predicted molar refractivity (Wildman–Crippen MR) is 123 cm³/mol. The van der Waals surface area contributed by atoms with Crippen LogP contribution in [0.1, 0.15) is 0 Å². The smallest absolute Gasteiger partial charge is 0.147 e. The molecule has 0 spiro atoms. The number of imidazole rings is 1. The second-order valence-electron chi connectivity index (χ2n) is 7.89. The molecule has 3 aromatic carbocycles. The zero-order chi connectivity index (χ0) is 20.1. The maximum absolute atomic E-state index is 6.49. The summed E-state index contributed by atoms with van der Waals surface area (Å²) in [5.41, 5.74) is 5.38. The Morgan fingerprint density at radius 2 is 1.52 bits per heavy atom. The van der Waals surface area contributed by atoms with Crippen molar-refractivity contribution in [1.82, 2.24) is 14.4 Å². The van der Waals surface area contributed by atoms with E-state index in [1.165, 1.54) is 0 Å². The molecule has 0 aliphatic carbocycles. The molecular weight excluding hydrogens is 386 g/mol. The summed E-state index contributed by atoms with van der Waals surface area (Å²) in [5, 5.41) is 7.41. The van der Waals surface area contributed by atoms with Gasteiger partial charge in [0.25, 0.3) is 0 Å². The lowest BCUT2D eigenvalue weighted by Gasteiger charge is -2.08. The second kappa shape index (κ2) is 5.21. The molecule has 8 aromatic rings. The molecule has 0 saturated heterocycles. The van der Waals surface area contributed by atoms with Crippen LogP contribution in [0, 0.1) is 0 Å². The van der Waals surface area contributed by atoms with Crippen LogP contribution in [0.25, 0.3) is 71.2 Å². The number of fused-ring (bicyclic) bond motifs is 14. The van der Waals surface area contributed by atoms with Crippen LogP contribution in [-0.4, -0.2) is 14.4 Å². The molecule has 5 heterocycles. The van der Waals surface area contributed by atoms with Crippen molar-refractivity contribution in [3.05, 3.63) is 79.4 Å². The fourth-order valence-electron chi connectivity index (χ4n) is 5.04. The van der Waals surface area contributed by atoms with Gasteiger partial charge in [-0.2, -0.15) is 0 Å². The number of hydrogen-bond donors (Lipinski definition) is 0. The molecule has 5 aromatic heterocycles. The van der Waals surface area contributed by atoms with E-state index in [-0.39, 0.29) is 0 Å². The number of hydrogen-bond acceptors (Lipinski definition) is 4. The summed E-state index contributed by atoms with van der Waals surface area (Å²) in [5.74, 6) is 0. The van der Waals surface area contributed by atoms with Gasteiger partial charge in [0.15, 0.2) is 0 Å². The van der Waals surface area contributed by atoms with E-state index in [0.717, 1.165) is 71.2 Å². The highest BCUT2D eigenvalue weighted by molar-refractivity contribution is 6.28. The first-order valence-electron chi connectivity index (χ1n) is 10.2. The van der Waals surface area contributed by atoms with Crippen molar-refractivity contribution in [3.8, 4) is 0 Å². The van der Waals surface area contributed by atoms with Gasteiger partial charge < -0.3 is 8.83 Å². The number of aromatic nitrogens is 3. The van der Waals surface area contributed by atoms with E-state index in [2.05, 4.69) is 38.6 Å². The number of furan rings is 2. The predicted octanol–water partition coefficient (Wildman–Crippen LogP) is 6.83. The van der Waals surface area contributed by atoms with Crippen LogP contribution < -0.4 is 0 Å². The Labute approximate surface area is 174 Å². The molecule has 0 aliphatic rings. The van der Waals surface area contributed by atoms with E-state index in [4.69, 9.17) is 8.83 Å². The van der Waals surface area contributed by atoms with Crippen molar-refractivity contribution < 1.29 is 8.83 Å². The zero-order valence-electron chi connectivity index (χ0n) is 16.2. The first-order valence-corrected chi connectivity index (χ1v) is 10.2. The summed E-state index contributed by atoms with van der Waals surface area (Å²) >= 11 is 0. The zero-order valence-corrected chi connectivity index (χ0v) is 16.2. The minimum Gasteiger partial charge on any atom is -0.455 e. The van der Waals surface area contributed by atoms with Gasteiger partial charge in [-0.15, -0.1) is 0 Å². The van der Waals surface area contributed by atoms with Crippen molar-refractivity contribution in [3.63, 3.8) is 0 Å². The Morgan fingerprint density at radius 3 is 2.52 bits per heavy atom. The maximum Gasteiger partial charge on any atom is 0.147 e. The third-order valence-corrected chi connectivity index (χ3v) is 6.36. The summed E-state index contributed by atoms with van der Waals surface area (Å²) in [6, 6.07) is 18.6. The number of nitrogens with zero attached hydrogens (tertiary/aromatic N) is 3. The van der Waals surface area contributed by atoms with E-state index in [1.54, 1.807) is 0 Å². The summed E-state index contributed by atoms with van der Waals surface area (Å²) in [6.07, 6.45) is 7.49. The molecule has 0 atom stereocenters. The lowest BCUT2D eigenvalue weighted by Crippen LogP contribution is -1.91. The van der Waals surface area contributed by atoms with Crippen molar-refractivity contribution in [1.29, 1.82) is 0 Å². The Bertz CT molecular complexity index is 2010. The third-order valence-electron chi connectivity index (χ3n) is 6.36. The quantitative estimate of drug-likeness (QED) is 0.262. The molecule has 0 radical (unpaired) electrons. The fraction of sp³-hybridized carbons (Fsp3) is 0. The SMILES string of the molecule is c1ccc2c(c1)oc1c2ccc2oc3c(ccc4c3c3ccncc3c3nccn43)c21. The van der Waals surface area contributed by atoms with Gasteiger partial charge >= 0.3 is 0 Å². The number of benzene rings is 3. The van der Waals surface area contributed by atoms with Crippen LogP contribution in [0.3, 0.4) is 0 Å². The second-order valence-corrected chi connectivity index (χ2v) is 7.89. The van der Waals surface area contributed by atoms with Crippen LogP contribution in [0.5, 0.6) is 0 Å². The lowest BCUT2D eigenvalue weighted by molar-refractivity contribution is 0.665. The van der Waals surface area contributed by atoms with Crippen LogP contribution >= 0.6 is 0 Å². The van der Waals surface area contributed by atoms with Gasteiger partial charge in [0.2, 0.25) is 0 Å². The Balaban J connectivity index is 1.67. The molecule has 5 nitrogen and oxygen atoms in total. The van der Waals surface area contributed by atoms with E-state index in [1.807, 2.05) is 55.1 Å². The molecule has 0 saturated carbocycles. The molecule has 0 unspecified atom stereocenters. The first-order chi connectivity index (χ1) is 15.4. The summed E-state index contributed by atoms with van der Waals surface area (Å²) < 4.78 is 14.9. The van der Waals surface area contributed by atoms with Gasteiger partial charge in [-0.25, -0.2) is 4.98 Å². The van der Waals surface area contributed by atoms with Crippen LogP contribution in [0.4, 0.5) is 0 Å². The summed E-state index contributed by atoms with van der Waals surface area (Å²) in [7, 11) is 0. The standard InChI is InChI=1S/C26H13N3O2/c1-2-4-20-14(3-1)16-6-8-21-23(24(16)30-20)17-5-7-19-22(25(17)31-21)15-9-10-27-13-18(15)26-28-11-12-29(19)26/h1-13H. The van der Waals surface area contributed by atoms with Crippen LogP contribution in [0.15, 0.2) is 88.2 Å². The molecular formula is C26H13N3O2. The van der Waals surface area contributed by atoms with Gasteiger partial charge in [-0.3, -0.25) is 9.38 Å². The number of rotatable bonds is 0. The van der Waals surface area contributed by atoms with E-state index >= 15 is 0 Å². The Hall–Kier alpha value is -4.38. The van der Waals surface area contributed by atoms with Crippen molar-refractivity contribution >= 4 is 71.2 Å². The van der Waals surface area contributed by atoms with Gasteiger partial charge in [0.1, 0.15) is 28.0 Å². The van der Waals surface area contributed by atoms with Crippen molar-refractivity contribution in [2.75, 3.05) is 0 Å². The highest BCUT2D eigenvalue weighted by atomic mass is 16.3. The number of pyridine rings is 2. The topological polar surface area (TPSA) is 56.5 Å². The molecule has 0 amide bonds. The molecule has 0 fully saturated rings. The lowest BCUT2D eigenvalue weighted by atomic mass is 10.0. The molecule has 0 N–H and O–H groups in total. The molecule has 0 bridgehead atoms. The molecule has 0 aliphatic heterocycles. The summed E-state index contributed by atoms with van der Waals surface area (Å²) in [6.45, 7) is 0. The average Bonchev–Trinajstić information content (AvgIpc) is 3.53. The van der Waals surface area contributed by atoms with Crippen LogP contribution in [-0.2, 0) is 0 Å². The normalized spacial score (nSPS) is 12.5. The molecule has 8 rings (SSSR count). The van der Waals surface area contributed by atoms with E-state index in [9.17, 15) is 0 Å².